The lowest BCUT2D eigenvalue weighted by Gasteiger charge is -2.07. The van der Waals surface area contributed by atoms with Gasteiger partial charge in [-0.05, 0) is 41.8 Å². The summed E-state index contributed by atoms with van der Waals surface area (Å²) in [6.07, 6.45) is 3.71. The molecular formula is C26H20ClN5S. The van der Waals surface area contributed by atoms with Crippen LogP contribution in [0, 0.1) is 0 Å². The van der Waals surface area contributed by atoms with Crippen molar-refractivity contribution in [3.8, 4) is 0 Å². The Morgan fingerprint density at radius 2 is 1.61 bits per heavy atom. The molecule has 0 aliphatic rings. The summed E-state index contributed by atoms with van der Waals surface area (Å²) in [5, 5.41) is 8.69. The molecule has 7 heteroatoms. The molecule has 0 spiro atoms. The molecule has 0 atom stereocenters. The highest BCUT2D eigenvalue weighted by Crippen LogP contribution is 2.29. The number of thioether (sulfide) groups is 1. The highest BCUT2D eigenvalue weighted by molar-refractivity contribution is 7.98. The predicted octanol–water partition coefficient (Wildman–Crippen LogP) is 6.49. The largest absolute Gasteiger partial charge is 0.361 e. The number of nitrogens with zero attached hydrogens (tertiary/aromatic N) is 4. The molecule has 0 radical (unpaired) electrons. The highest BCUT2D eigenvalue weighted by atomic mass is 35.5. The monoisotopic (exact) mass is 469 g/mol. The van der Waals surface area contributed by atoms with Crippen LogP contribution in [0.5, 0.6) is 0 Å². The fourth-order valence-electron chi connectivity index (χ4n) is 4.12. The molecule has 162 valence electrons. The molecule has 33 heavy (non-hydrogen) atoms. The van der Waals surface area contributed by atoms with Gasteiger partial charge in [-0.1, -0.05) is 71.9 Å². The van der Waals surface area contributed by atoms with Gasteiger partial charge in [-0.2, -0.15) is 4.52 Å². The third kappa shape index (κ3) is 3.86. The van der Waals surface area contributed by atoms with E-state index in [4.69, 9.17) is 26.7 Å². The van der Waals surface area contributed by atoms with E-state index in [0.29, 0.717) is 5.75 Å². The Morgan fingerprint density at radius 3 is 2.52 bits per heavy atom. The van der Waals surface area contributed by atoms with E-state index in [1.54, 1.807) is 11.8 Å². The van der Waals surface area contributed by atoms with Gasteiger partial charge in [-0.3, -0.25) is 0 Å². The molecule has 3 heterocycles. The van der Waals surface area contributed by atoms with E-state index in [0.717, 1.165) is 56.5 Å². The molecule has 0 saturated carbocycles. The van der Waals surface area contributed by atoms with E-state index >= 15 is 0 Å². The first-order chi connectivity index (χ1) is 16.3. The fraction of sp³-hybridized carbons (Fsp3) is 0.115. The number of para-hydroxylation sites is 2. The number of fused-ring (bicyclic) bond motifs is 4. The van der Waals surface area contributed by atoms with Crippen LogP contribution < -0.4 is 0 Å². The Hall–Kier alpha value is -3.35. The summed E-state index contributed by atoms with van der Waals surface area (Å²) in [4.78, 5) is 13.2. The molecular weight excluding hydrogens is 450 g/mol. The minimum Gasteiger partial charge on any atom is -0.361 e. The molecule has 1 N–H and O–H groups in total. The van der Waals surface area contributed by atoms with Crippen LogP contribution in [-0.2, 0) is 18.6 Å². The molecule has 0 aliphatic heterocycles. The van der Waals surface area contributed by atoms with Crippen LogP contribution in [0.1, 0.15) is 17.0 Å². The second kappa shape index (κ2) is 8.54. The van der Waals surface area contributed by atoms with Crippen LogP contribution in [0.3, 0.4) is 0 Å². The standard InChI is InChI=1S/C26H20ClN5S/c27-21-10-4-1-7-18(21)16-33-26-29-23-12-6-3-9-20(23)25-30-24(31-32(25)26)14-13-17-15-28-22-11-5-2-8-19(17)22/h1-12,15,28H,13-14,16H2. The number of aryl methyl sites for hydroxylation is 2. The topological polar surface area (TPSA) is 58.9 Å². The Kier molecular flexibility index (Phi) is 5.24. The van der Waals surface area contributed by atoms with Crippen LogP contribution in [0.2, 0.25) is 5.02 Å². The summed E-state index contributed by atoms with van der Waals surface area (Å²) in [7, 11) is 0. The summed E-state index contributed by atoms with van der Waals surface area (Å²) in [6.45, 7) is 0. The number of aromatic amines is 1. The molecule has 0 saturated heterocycles. The third-order valence-corrected chi connectivity index (χ3v) is 7.15. The molecule has 0 fully saturated rings. The summed E-state index contributed by atoms with van der Waals surface area (Å²) in [5.41, 5.74) is 5.27. The van der Waals surface area contributed by atoms with Crippen molar-refractivity contribution in [2.24, 2.45) is 0 Å². The fourth-order valence-corrected chi connectivity index (χ4v) is 5.35. The predicted molar refractivity (Wildman–Crippen MR) is 135 cm³/mol. The van der Waals surface area contributed by atoms with Crippen LogP contribution in [0.25, 0.3) is 27.5 Å². The number of rotatable bonds is 6. The minimum atomic E-state index is 0.713. The van der Waals surface area contributed by atoms with Gasteiger partial charge in [0, 0.05) is 39.7 Å². The number of aromatic nitrogens is 5. The maximum absolute atomic E-state index is 6.37. The smallest absolute Gasteiger partial charge is 0.191 e. The summed E-state index contributed by atoms with van der Waals surface area (Å²) in [5.74, 6) is 1.53. The van der Waals surface area contributed by atoms with Crippen LogP contribution in [0.15, 0.2) is 84.1 Å². The van der Waals surface area contributed by atoms with Gasteiger partial charge in [-0.25, -0.2) is 9.97 Å². The van der Waals surface area contributed by atoms with E-state index in [-0.39, 0.29) is 0 Å². The van der Waals surface area contributed by atoms with Gasteiger partial charge in [0.1, 0.15) is 0 Å². The normalized spacial score (nSPS) is 11.7. The van der Waals surface area contributed by atoms with E-state index in [2.05, 4.69) is 35.4 Å². The van der Waals surface area contributed by atoms with Gasteiger partial charge in [0.2, 0.25) is 0 Å². The first-order valence-corrected chi connectivity index (χ1v) is 12.2. The molecule has 3 aromatic heterocycles. The summed E-state index contributed by atoms with van der Waals surface area (Å²) < 4.78 is 1.88. The zero-order chi connectivity index (χ0) is 22.2. The zero-order valence-electron chi connectivity index (χ0n) is 17.7. The van der Waals surface area contributed by atoms with Gasteiger partial charge in [0.25, 0.3) is 0 Å². The van der Waals surface area contributed by atoms with Gasteiger partial charge in [-0.15, -0.1) is 5.10 Å². The quantitative estimate of drug-likeness (QED) is 0.224. The molecule has 0 amide bonds. The molecule has 5 nitrogen and oxygen atoms in total. The van der Waals surface area contributed by atoms with Gasteiger partial charge >= 0.3 is 0 Å². The average Bonchev–Trinajstić information content (AvgIpc) is 3.47. The maximum atomic E-state index is 6.37. The van der Waals surface area contributed by atoms with Gasteiger partial charge < -0.3 is 4.98 Å². The van der Waals surface area contributed by atoms with Crippen molar-refractivity contribution in [2.45, 2.75) is 23.8 Å². The van der Waals surface area contributed by atoms with E-state index in [1.807, 2.05) is 53.0 Å². The Bertz CT molecular complexity index is 1600. The highest BCUT2D eigenvalue weighted by Gasteiger charge is 2.15. The molecule has 6 aromatic rings. The number of hydrogen-bond acceptors (Lipinski definition) is 4. The van der Waals surface area contributed by atoms with E-state index in [9.17, 15) is 0 Å². The van der Waals surface area contributed by atoms with Crippen molar-refractivity contribution in [3.05, 3.63) is 101 Å². The maximum Gasteiger partial charge on any atom is 0.191 e. The average molecular weight is 470 g/mol. The number of benzene rings is 3. The lowest BCUT2D eigenvalue weighted by molar-refractivity contribution is 0.769. The van der Waals surface area contributed by atoms with Crippen molar-refractivity contribution < 1.29 is 0 Å². The second-order valence-electron chi connectivity index (χ2n) is 7.91. The van der Waals surface area contributed by atoms with E-state index in [1.165, 1.54) is 10.9 Å². The van der Waals surface area contributed by atoms with Crippen LogP contribution in [0.4, 0.5) is 0 Å². The van der Waals surface area contributed by atoms with Crippen molar-refractivity contribution in [1.29, 1.82) is 0 Å². The van der Waals surface area contributed by atoms with Crippen molar-refractivity contribution in [1.82, 2.24) is 24.6 Å². The van der Waals surface area contributed by atoms with Crippen molar-refractivity contribution >= 4 is 50.8 Å². The van der Waals surface area contributed by atoms with E-state index < -0.39 is 0 Å². The van der Waals surface area contributed by atoms with Crippen LogP contribution >= 0.6 is 23.4 Å². The third-order valence-electron chi connectivity index (χ3n) is 5.80. The Balaban J connectivity index is 1.35. The SMILES string of the molecule is Clc1ccccc1CSc1nc2ccccc2c2nc(CCc3c[nH]c4ccccc34)nn12. The zero-order valence-corrected chi connectivity index (χ0v) is 19.3. The first-order valence-electron chi connectivity index (χ1n) is 10.8. The number of halogens is 1. The molecule has 0 aliphatic carbocycles. The summed E-state index contributed by atoms with van der Waals surface area (Å²) >= 11 is 7.99. The molecule has 0 unspecified atom stereocenters. The minimum absolute atomic E-state index is 0.713. The van der Waals surface area contributed by atoms with Crippen LogP contribution in [-0.4, -0.2) is 24.6 Å². The first kappa shape index (κ1) is 20.3. The Morgan fingerprint density at radius 1 is 0.818 bits per heavy atom. The van der Waals surface area contributed by atoms with Crippen molar-refractivity contribution in [2.75, 3.05) is 0 Å². The number of nitrogens with one attached hydrogen (secondary N) is 1. The Labute approximate surface area is 199 Å². The molecule has 3 aromatic carbocycles. The van der Waals surface area contributed by atoms with Crippen molar-refractivity contribution in [3.63, 3.8) is 0 Å². The lowest BCUT2D eigenvalue weighted by Crippen LogP contribution is -1.99. The lowest BCUT2D eigenvalue weighted by atomic mass is 10.1. The number of H-pyrrole nitrogens is 1. The molecule has 0 bridgehead atoms. The molecule has 6 rings (SSSR count). The van der Waals surface area contributed by atoms with Gasteiger partial charge in [0.15, 0.2) is 16.6 Å². The number of hydrogen-bond donors (Lipinski definition) is 1. The summed E-state index contributed by atoms with van der Waals surface area (Å²) in [6, 6.07) is 24.4. The van der Waals surface area contributed by atoms with Gasteiger partial charge in [0.05, 0.1) is 5.52 Å². The second-order valence-corrected chi connectivity index (χ2v) is 9.26.